The lowest BCUT2D eigenvalue weighted by Gasteiger charge is -2.19. The summed E-state index contributed by atoms with van der Waals surface area (Å²) in [5, 5.41) is 0. The fourth-order valence-electron chi connectivity index (χ4n) is 2.83. The summed E-state index contributed by atoms with van der Waals surface area (Å²) in [5.74, 6) is 1.24. The molecule has 0 saturated carbocycles. The van der Waals surface area contributed by atoms with Gasteiger partial charge in [0.2, 0.25) is 0 Å². The van der Waals surface area contributed by atoms with Gasteiger partial charge in [-0.05, 0) is 62.7 Å². The number of rotatable bonds is 7. The zero-order chi connectivity index (χ0) is 24.4. The van der Waals surface area contributed by atoms with Crippen LogP contribution in [0.5, 0.6) is 17.2 Å². The Labute approximate surface area is 202 Å². The Kier molecular flexibility index (Phi) is 8.73. The van der Waals surface area contributed by atoms with E-state index in [2.05, 4.69) is 6.58 Å². The van der Waals surface area contributed by atoms with E-state index in [0.717, 1.165) is 16.7 Å². The lowest BCUT2D eigenvalue weighted by Crippen LogP contribution is -2.07. The molecule has 0 atom stereocenters. The minimum Gasteiger partial charge on any atom is -0.386 e. The Morgan fingerprint density at radius 2 is 0.882 bits per heavy atom. The maximum atomic E-state index is 13.3. The van der Waals surface area contributed by atoms with Crippen LogP contribution in [-0.2, 0) is 4.57 Å². The second kappa shape index (κ2) is 11.9. The van der Waals surface area contributed by atoms with E-state index in [4.69, 9.17) is 13.6 Å². The molecule has 4 rings (SSSR count). The van der Waals surface area contributed by atoms with Crippen LogP contribution in [0, 0.1) is 20.8 Å². The fourth-order valence-corrected chi connectivity index (χ4v) is 4.08. The fraction of sp³-hybridized carbons (Fsp3) is 0.103. The summed E-state index contributed by atoms with van der Waals surface area (Å²) in [6.45, 7) is 9.53. The van der Waals surface area contributed by atoms with E-state index in [9.17, 15) is 4.57 Å². The average molecular weight is 473 g/mol. The molecule has 0 aromatic heterocycles. The summed E-state index contributed by atoms with van der Waals surface area (Å²) < 4.78 is 30.2. The van der Waals surface area contributed by atoms with Gasteiger partial charge < -0.3 is 13.6 Å². The molecule has 0 aliphatic rings. The van der Waals surface area contributed by atoms with Gasteiger partial charge in [-0.1, -0.05) is 96.1 Å². The van der Waals surface area contributed by atoms with Gasteiger partial charge in [-0.15, -0.1) is 0 Å². The van der Waals surface area contributed by atoms with E-state index in [1.54, 1.807) is 36.4 Å². The third-order valence-corrected chi connectivity index (χ3v) is 6.05. The molecular formula is C29H29O4P. The summed E-state index contributed by atoms with van der Waals surface area (Å²) in [7, 11) is -3.93. The van der Waals surface area contributed by atoms with Crippen LogP contribution in [0.15, 0.2) is 110 Å². The molecule has 4 aromatic carbocycles. The van der Waals surface area contributed by atoms with Gasteiger partial charge in [-0.25, -0.2) is 0 Å². The topological polar surface area (TPSA) is 44.8 Å². The van der Waals surface area contributed by atoms with Crippen LogP contribution >= 0.6 is 7.82 Å². The Morgan fingerprint density at radius 3 is 1.15 bits per heavy atom. The first-order valence-corrected chi connectivity index (χ1v) is 12.4. The van der Waals surface area contributed by atoms with E-state index >= 15 is 0 Å². The van der Waals surface area contributed by atoms with Crippen molar-refractivity contribution in [1.29, 1.82) is 0 Å². The molecule has 34 heavy (non-hydrogen) atoms. The van der Waals surface area contributed by atoms with E-state index in [0.29, 0.717) is 17.2 Å². The van der Waals surface area contributed by atoms with Crippen molar-refractivity contribution in [3.63, 3.8) is 0 Å². The minimum atomic E-state index is -3.93. The van der Waals surface area contributed by atoms with Crippen LogP contribution in [0.2, 0.25) is 0 Å². The van der Waals surface area contributed by atoms with Crippen molar-refractivity contribution in [3.8, 4) is 17.2 Å². The summed E-state index contributed by atoms with van der Waals surface area (Å²) >= 11 is 0. The van der Waals surface area contributed by atoms with Gasteiger partial charge in [0.15, 0.2) is 0 Å². The normalized spacial score (nSPS) is 10.4. The van der Waals surface area contributed by atoms with Crippen molar-refractivity contribution in [2.24, 2.45) is 0 Å². The van der Waals surface area contributed by atoms with E-state index in [1.807, 2.05) is 93.6 Å². The Balaban J connectivity index is 0.000000343. The van der Waals surface area contributed by atoms with Crippen LogP contribution in [0.25, 0.3) is 6.08 Å². The molecule has 0 radical (unpaired) electrons. The average Bonchev–Trinajstić information content (AvgIpc) is 2.84. The Hall–Kier alpha value is -3.75. The molecule has 0 unspecified atom stereocenters. The predicted octanol–water partition coefficient (Wildman–Crippen LogP) is 8.59. The standard InChI is InChI=1S/C21H21O4P.C8H8/c1-16-4-10-19(11-5-16)23-26(22,24-20-12-6-17(2)7-13-20)25-21-14-8-18(3)9-15-21;1-2-8-6-4-3-5-7-8/h4-15H,1-3H3;2-7H,1H2. The second-order valence-electron chi connectivity index (χ2n) is 7.78. The van der Waals surface area contributed by atoms with E-state index < -0.39 is 7.82 Å². The minimum absolute atomic E-state index is 0.415. The number of aryl methyl sites for hydroxylation is 3. The highest BCUT2D eigenvalue weighted by molar-refractivity contribution is 7.49. The van der Waals surface area contributed by atoms with Crippen LogP contribution in [0.3, 0.4) is 0 Å². The van der Waals surface area contributed by atoms with Gasteiger partial charge in [0, 0.05) is 0 Å². The Bertz CT molecular complexity index is 1090. The van der Waals surface area contributed by atoms with Gasteiger partial charge in [0.25, 0.3) is 0 Å². The number of phosphoric acid groups is 1. The second-order valence-corrected chi connectivity index (χ2v) is 9.22. The summed E-state index contributed by atoms with van der Waals surface area (Å²) in [6.07, 6.45) is 1.83. The Morgan fingerprint density at radius 1 is 0.559 bits per heavy atom. The molecule has 0 amide bonds. The highest BCUT2D eigenvalue weighted by Crippen LogP contribution is 2.49. The van der Waals surface area contributed by atoms with Crippen LogP contribution < -0.4 is 13.6 Å². The van der Waals surface area contributed by atoms with E-state index in [-0.39, 0.29) is 0 Å². The maximum absolute atomic E-state index is 13.3. The van der Waals surface area contributed by atoms with Crippen LogP contribution in [0.1, 0.15) is 22.3 Å². The number of phosphoric ester groups is 1. The lowest BCUT2D eigenvalue weighted by molar-refractivity contribution is 0.298. The maximum Gasteiger partial charge on any atom is 0.647 e. The third kappa shape index (κ3) is 7.99. The molecule has 0 aliphatic heterocycles. The molecule has 0 bridgehead atoms. The molecule has 0 heterocycles. The smallest absolute Gasteiger partial charge is 0.386 e. The molecular weight excluding hydrogens is 443 g/mol. The number of hydrogen-bond acceptors (Lipinski definition) is 4. The summed E-state index contributed by atoms with van der Waals surface area (Å²) in [6, 6.07) is 31.7. The van der Waals surface area contributed by atoms with Gasteiger partial charge in [-0.3, -0.25) is 0 Å². The quantitative estimate of drug-likeness (QED) is 0.253. The molecule has 174 valence electrons. The summed E-state index contributed by atoms with van der Waals surface area (Å²) in [5.41, 5.74) is 4.40. The monoisotopic (exact) mass is 472 g/mol. The third-order valence-electron chi connectivity index (χ3n) is 4.75. The van der Waals surface area contributed by atoms with Gasteiger partial charge in [0.05, 0.1) is 0 Å². The van der Waals surface area contributed by atoms with E-state index in [1.165, 1.54) is 5.56 Å². The van der Waals surface area contributed by atoms with Gasteiger partial charge in [0.1, 0.15) is 17.2 Å². The van der Waals surface area contributed by atoms with Gasteiger partial charge in [-0.2, -0.15) is 4.57 Å². The first kappa shape index (κ1) is 24.9. The molecule has 0 fully saturated rings. The van der Waals surface area contributed by atoms with Crippen LogP contribution in [0.4, 0.5) is 0 Å². The molecule has 0 N–H and O–H groups in total. The first-order chi connectivity index (χ1) is 16.3. The molecule has 0 saturated heterocycles. The van der Waals surface area contributed by atoms with Crippen molar-refractivity contribution in [1.82, 2.24) is 0 Å². The molecule has 0 spiro atoms. The van der Waals surface area contributed by atoms with Crippen molar-refractivity contribution in [2.75, 3.05) is 0 Å². The SMILES string of the molecule is C=Cc1ccccc1.Cc1ccc(OP(=O)(Oc2ccc(C)cc2)Oc2ccc(C)cc2)cc1. The van der Waals surface area contributed by atoms with Gasteiger partial charge >= 0.3 is 7.82 Å². The van der Waals surface area contributed by atoms with Crippen molar-refractivity contribution >= 4 is 13.9 Å². The first-order valence-electron chi connectivity index (χ1n) is 10.9. The van der Waals surface area contributed by atoms with Crippen molar-refractivity contribution in [3.05, 3.63) is 132 Å². The van der Waals surface area contributed by atoms with Crippen molar-refractivity contribution < 1.29 is 18.1 Å². The van der Waals surface area contributed by atoms with Crippen LogP contribution in [-0.4, -0.2) is 0 Å². The number of benzene rings is 4. The molecule has 0 aliphatic carbocycles. The highest BCUT2D eigenvalue weighted by atomic mass is 31.2. The predicted molar refractivity (Wildman–Crippen MR) is 140 cm³/mol. The van der Waals surface area contributed by atoms with Crippen molar-refractivity contribution in [2.45, 2.75) is 20.8 Å². The number of hydrogen-bond donors (Lipinski definition) is 0. The summed E-state index contributed by atoms with van der Waals surface area (Å²) in [4.78, 5) is 0. The zero-order valence-corrected chi connectivity index (χ0v) is 20.6. The largest absolute Gasteiger partial charge is 0.647 e. The zero-order valence-electron chi connectivity index (χ0n) is 19.7. The highest BCUT2D eigenvalue weighted by Gasteiger charge is 2.33. The lowest BCUT2D eigenvalue weighted by atomic mass is 10.2. The molecule has 5 heteroatoms. The molecule has 4 aromatic rings. The molecule has 4 nitrogen and oxygen atoms in total.